The second kappa shape index (κ2) is 3.92. The van der Waals surface area contributed by atoms with E-state index in [0.29, 0.717) is 23.1 Å². The summed E-state index contributed by atoms with van der Waals surface area (Å²) in [4.78, 5) is 0. The van der Waals surface area contributed by atoms with E-state index in [9.17, 15) is 0 Å². The standard InChI is InChI=1S/C12H14N2O/c1-15-12-3-2-8(4-10(12)7-14)11-5-9(11)6-13/h2-4,9,11H,5-6,13H2,1H3. The van der Waals surface area contributed by atoms with E-state index < -0.39 is 0 Å². The number of hydrogen-bond donors (Lipinski definition) is 1. The van der Waals surface area contributed by atoms with Gasteiger partial charge in [-0.25, -0.2) is 0 Å². The molecule has 0 aromatic heterocycles. The summed E-state index contributed by atoms with van der Waals surface area (Å²) in [6.07, 6.45) is 1.15. The largest absolute Gasteiger partial charge is 0.495 e. The zero-order chi connectivity index (χ0) is 10.8. The van der Waals surface area contributed by atoms with Crippen molar-refractivity contribution in [3.63, 3.8) is 0 Å². The van der Waals surface area contributed by atoms with Crippen LogP contribution in [0.4, 0.5) is 0 Å². The van der Waals surface area contributed by atoms with E-state index in [1.54, 1.807) is 7.11 Å². The smallest absolute Gasteiger partial charge is 0.136 e. The maximum atomic E-state index is 8.94. The Bertz CT molecular complexity index is 409. The molecule has 0 heterocycles. The van der Waals surface area contributed by atoms with Crippen molar-refractivity contribution in [3.8, 4) is 11.8 Å². The van der Waals surface area contributed by atoms with Crippen molar-refractivity contribution in [2.24, 2.45) is 11.7 Å². The van der Waals surface area contributed by atoms with Crippen molar-refractivity contribution in [2.45, 2.75) is 12.3 Å². The molecule has 0 spiro atoms. The predicted molar refractivity (Wildman–Crippen MR) is 57.6 cm³/mol. The number of nitrogens with zero attached hydrogens (tertiary/aromatic N) is 1. The minimum absolute atomic E-state index is 0.549. The minimum atomic E-state index is 0.549. The summed E-state index contributed by atoms with van der Waals surface area (Å²) in [6.45, 7) is 0.735. The molecule has 0 bridgehead atoms. The van der Waals surface area contributed by atoms with Crippen LogP contribution in [-0.2, 0) is 0 Å². The Labute approximate surface area is 89.5 Å². The van der Waals surface area contributed by atoms with Crippen LogP contribution in [-0.4, -0.2) is 13.7 Å². The van der Waals surface area contributed by atoms with Crippen LogP contribution in [0.3, 0.4) is 0 Å². The Morgan fingerprint density at radius 1 is 1.60 bits per heavy atom. The lowest BCUT2D eigenvalue weighted by molar-refractivity contribution is 0.413. The first-order chi connectivity index (χ1) is 7.30. The lowest BCUT2D eigenvalue weighted by atomic mass is 10.1. The molecule has 0 saturated heterocycles. The van der Waals surface area contributed by atoms with Crippen LogP contribution in [0.5, 0.6) is 5.75 Å². The second-order valence-corrected chi connectivity index (χ2v) is 3.91. The van der Waals surface area contributed by atoms with Gasteiger partial charge < -0.3 is 10.5 Å². The molecule has 2 unspecified atom stereocenters. The molecule has 1 aliphatic carbocycles. The van der Waals surface area contributed by atoms with Gasteiger partial charge in [-0.15, -0.1) is 0 Å². The summed E-state index contributed by atoms with van der Waals surface area (Å²) >= 11 is 0. The third-order valence-electron chi connectivity index (χ3n) is 3.00. The summed E-state index contributed by atoms with van der Waals surface area (Å²) in [7, 11) is 1.58. The molecule has 1 fully saturated rings. The Kier molecular flexibility index (Phi) is 2.61. The van der Waals surface area contributed by atoms with Crippen molar-refractivity contribution in [3.05, 3.63) is 29.3 Å². The fourth-order valence-electron chi connectivity index (χ4n) is 1.96. The molecule has 3 nitrogen and oxygen atoms in total. The first kappa shape index (κ1) is 10.0. The van der Waals surface area contributed by atoms with Gasteiger partial charge in [-0.05, 0) is 42.5 Å². The molecule has 0 amide bonds. The predicted octanol–water partition coefficient (Wildman–Crippen LogP) is 1.63. The monoisotopic (exact) mass is 202 g/mol. The zero-order valence-corrected chi connectivity index (χ0v) is 8.73. The third-order valence-corrected chi connectivity index (χ3v) is 3.00. The molecule has 1 aromatic rings. The first-order valence-corrected chi connectivity index (χ1v) is 5.08. The minimum Gasteiger partial charge on any atom is -0.495 e. The number of nitrogens with two attached hydrogens (primary N) is 1. The number of ether oxygens (including phenoxy) is 1. The van der Waals surface area contributed by atoms with Crippen LogP contribution in [0.2, 0.25) is 0 Å². The molecule has 2 N–H and O–H groups in total. The fourth-order valence-corrected chi connectivity index (χ4v) is 1.96. The van der Waals surface area contributed by atoms with Gasteiger partial charge in [-0.2, -0.15) is 5.26 Å². The van der Waals surface area contributed by atoms with Gasteiger partial charge in [0.05, 0.1) is 12.7 Å². The van der Waals surface area contributed by atoms with Crippen molar-refractivity contribution in [1.29, 1.82) is 5.26 Å². The lowest BCUT2D eigenvalue weighted by Gasteiger charge is -2.05. The maximum Gasteiger partial charge on any atom is 0.136 e. The second-order valence-electron chi connectivity index (χ2n) is 3.91. The molecular weight excluding hydrogens is 188 g/mol. The van der Waals surface area contributed by atoms with Gasteiger partial charge in [0.25, 0.3) is 0 Å². The fraction of sp³-hybridized carbons (Fsp3) is 0.417. The summed E-state index contributed by atoms with van der Waals surface area (Å²) in [6, 6.07) is 7.95. The van der Waals surface area contributed by atoms with Crippen LogP contribution in [0.15, 0.2) is 18.2 Å². The molecule has 15 heavy (non-hydrogen) atoms. The van der Waals surface area contributed by atoms with Crippen molar-refractivity contribution >= 4 is 0 Å². The van der Waals surface area contributed by atoms with E-state index in [0.717, 1.165) is 13.0 Å². The molecule has 2 rings (SSSR count). The summed E-state index contributed by atoms with van der Waals surface area (Å²) < 4.78 is 5.10. The van der Waals surface area contributed by atoms with E-state index in [-0.39, 0.29) is 0 Å². The van der Waals surface area contributed by atoms with Gasteiger partial charge in [0.1, 0.15) is 11.8 Å². The molecule has 0 radical (unpaired) electrons. The van der Waals surface area contributed by atoms with Crippen molar-refractivity contribution in [1.82, 2.24) is 0 Å². The molecule has 1 saturated carbocycles. The van der Waals surface area contributed by atoms with Crippen LogP contribution in [0, 0.1) is 17.2 Å². The first-order valence-electron chi connectivity index (χ1n) is 5.08. The molecule has 2 atom stereocenters. The SMILES string of the molecule is COc1ccc(C2CC2CN)cc1C#N. The maximum absolute atomic E-state index is 8.94. The zero-order valence-electron chi connectivity index (χ0n) is 8.73. The van der Waals surface area contributed by atoms with Gasteiger partial charge in [-0.3, -0.25) is 0 Å². The highest BCUT2D eigenvalue weighted by Gasteiger charge is 2.37. The van der Waals surface area contributed by atoms with Gasteiger partial charge in [0, 0.05) is 0 Å². The van der Waals surface area contributed by atoms with Gasteiger partial charge in [0.2, 0.25) is 0 Å². The number of rotatable bonds is 3. The van der Waals surface area contributed by atoms with E-state index in [1.165, 1.54) is 5.56 Å². The van der Waals surface area contributed by atoms with E-state index in [1.807, 2.05) is 18.2 Å². The van der Waals surface area contributed by atoms with Crippen LogP contribution in [0.25, 0.3) is 0 Å². The molecule has 1 aromatic carbocycles. The number of hydrogen-bond acceptors (Lipinski definition) is 3. The molecule has 78 valence electrons. The topological polar surface area (TPSA) is 59.0 Å². The van der Waals surface area contributed by atoms with Gasteiger partial charge >= 0.3 is 0 Å². The average molecular weight is 202 g/mol. The van der Waals surface area contributed by atoms with Crippen LogP contribution < -0.4 is 10.5 Å². The Hall–Kier alpha value is -1.53. The quantitative estimate of drug-likeness (QED) is 0.810. The number of methoxy groups -OCH3 is 1. The summed E-state index contributed by atoms with van der Waals surface area (Å²) in [5.41, 5.74) is 7.42. The van der Waals surface area contributed by atoms with Crippen LogP contribution in [0.1, 0.15) is 23.5 Å². The number of nitriles is 1. The third kappa shape index (κ3) is 1.81. The van der Waals surface area contributed by atoms with E-state index >= 15 is 0 Å². The van der Waals surface area contributed by atoms with Crippen molar-refractivity contribution < 1.29 is 4.74 Å². The Morgan fingerprint density at radius 3 is 2.93 bits per heavy atom. The highest BCUT2D eigenvalue weighted by Crippen LogP contribution is 2.47. The van der Waals surface area contributed by atoms with Gasteiger partial charge in [-0.1, -0.05) is 6.07 Å². The molecule has 1 aliphatic rings. The number of benzene rings is 1. The van der Waals surface area contributed by atoms with E-state index in [2.05, 4.69) is 6.07 Å². The highest BCUT2D eigenvalue weighted by molar-refractivity contribution is 5.47. The lowest BCUT2D eigenvalue weighted by Crippen LogP contribution is -2.02. The highest BCUT2D eigenvalue weighted by atomic mass is 16.5. The van der Waals surface area contributed by atoms with Gasteiger partial charge in [0.15, 0.2) is 0 Å². The molecule has 3 heteroatoms. The van der Waals surface area contributed by atoms with Crippen LogP contribution >= 0.6 is 0 Å². The summed E-state index contributed by atoms with van der Waals surface area (Å²) in [5, 5.41) is 8.94. The molecule has 0 aliphatic heterocycles. The van der Waals surface area contributed by atoms with Crippen molar-refractivity contribution in [2.75, 3.05) is 13.7 Å². The van der Waals surface area contributed by atoms with E-state index in [4.69, 9.17) is 15.7 Å². The molecular formula is C12H14N2O. The summed E-state index contributed by atoms with van der Waals surface area (Å²) in [5.74, 6) is 1.80. The normalized spacial score (nSPS) is 23.3. The average Bonchev–Trinajstić information content (AvgIpc) is 3.07. The Morgan fingerprint density at radius 2 is 2.40 bits per heavy atom. The Balaban J connectivity index is 2.25.